The van der Waals surface area contributed by atoms with Gasteiger partial charge in [0.25, 0.3) is 5.91 Å². The van der Waals surface area contributed by atoms with Gasteiger partial charge in [-0.2, -0.15) is 0 Å². The van der Waals surface area contributed by atoms with Crippen molar-refractivity contribution in [3.8, 4) is 0 Å². The molecule has 1 aromatic carbocycles. The molecule has 0 radical (unpaired) electrons. The number of likely N-dealkylation sites (tertiary alicyclic amines) is 1. The van der Waals surface area contributed by atoms with Crippen LogP contribution >= 0.6 is 35.0 Å². The summed E-state index contributed by atoms with van der Waals surface area (Å²) >= 11 is 13.6. The molecule has 47 heavy (non-hydrogen) atoms. The van der Waals surface area contributed by atoms with E-state index in [2.05, 4.69) is 42.6 Å². The van der Waals surface area contributed by atoms with Crippen LogP contribution in [-0.2, 0) is 15.1 Å². The summed E-state index contributed by atoms with van der Waals surface area (Å²) in [4.78, 5) is 47.6. The predicted octanol–water partition coefficient (Wildman–Crippen LogP) is 6.84. The number of allylic oxidation sites excluding steroid dienone is 1. The van der Waals surface area contributed by atoms with Gasteiger partial charge in [0.15, 0.2) is 5.17 Å². The Balaban J connectivity index is 1.27. The fourth-order valence-corrected chi connectivity index (χ4v) is 9.71. The Bertz CT molecular complexity index is 1700. The van der Waals surface area contributed by atoms with E-state index < -0.39 is 23.4 Å². The second-order valence-corrected chi connectivity index (χ2v) is 16.2. The molecule has 5 aliphatic rings. The summed E-state index contributed by atoms with van der Waals surface area (Å²) in [6.07, 6.45) is 5.32. The van der Waals surface area contributed by atoms with E-state index >= 15 is 4.39 Å². The van der Waals surface area contributed by atoms with Crippen LogP contribution in [0.1, 0.15) is 77.5 Å². The number of amides is 2. The number of piperazine rings is 1. The van der Waals surface area contributed by atoms with Crippen molar-refractivity contribution in [2.24, 2.45) is 10.9 Å². The minimum absolute atomic E-state index is 0.0371. The van der Waals surface area contributed by atoms with E-state index in [9.17, 15) is 9.59 Å². The number of carbonyl (C=O) groups is 2. The highest BCUT2D eigenvalue weighted by Crippen LogP contribution is 2.56. The number of amidine groups is 1. The summed E-state index contributed by atoms with van der Waals surface area (Å²) in [5.41, 5.74) is 1.52. The number of aromatic nitrogens is 1. The summed E-state index contributed by atoms with van der Waals surface area (Å²) in [6.45, 7) is 11.8. The molecule has 1 spiro atoms. The van der Waals surface area contributed by atoms with Gasteiger partial charge >= 0.3 is 0 Å². The minimum Gasteiger partial charge on any atom is -0.335 e. The number of thioether (sulfide) groups is 1. The molecule has 1 aromatic heterocycles. The van der Waals surface area contributed by atoms with Gasteiger partial charge in [-0.25, -0.2) is 14.4 Å². The molecule has 5 heterocycles. The van der Waals surface area contributed by atoms with E-state index in [1.54, 1.807) is 18.3 Å². The average Bonchev–Trinajstić information content (AvgIpc) is 3.42. The Morgan fingerprint density at radius 1 is 1.09 bits per heavy atom. The number of nitrogens with zero attached hydrogens (tertiary/aromatic N) is 6. The van der Waals surface area contributed by atoms with Crippen LogP contribution in [0.15, 0.2) is 52.1 Å². The predicted molar refractivity (Wildman–Crippen MR) is 185 cm³/mol. The lowest BCUT2D eigenvalue weighted by Crippen LogP contribution is -2.62. The number of fused-ring (bicyclic) bond motifs is 1. The molecule has 12 heteroatoms. The van der Waals surface area contributed by atoms with Gasteiger partial charge in [0.1, 0.15) is 27.5 Å². The summed E-state index contributed by atoms with van der Waals surface area (Å²) in [6, 6.07) is 7.45. The molecular formula is C35H41Cl2FN6O2S. The molecular weight excluding hydrogens is 658 g/mol. The molecule has 8 nitrogen and oxygen atoms in total. The quantitative estimate of drug-likeness (QED) is 0.319. The monoisotopic (exact) mass is 698 g/mol. The van der Waals surface area contributed by atoms with Crippen molar-refractivity contribution in [3.05, 3.63) is 74.3 Å². The van der Waals surface area contributed by atoms with Gasteiger partial charge in [0.2, 0.25) is 5.91 Å². The number of aliphatic imine (C=N–C) groups is 1. The van der Waals surface area contributed by atoms with Gasteiger partial charge < -0.3 is 14.7 Å². The lowest BCUT2D eigenvalue weighted by Gasteiger charge is -2.46. The Morgan fingerprint density at radius 3 is 2.47 bits per heavy atom. The second-order valence-electron chi connectivity index (χ2n) is 14.4. The number of rotatable bonds is 5. The first-order chi connectivity index (χ1) is 22.3. The molecule has 3 fully saturated rings. The molecule has 2 amide bonds. The van der Waals surface area contributed by atoms with Crippen LogP contribution in [0.4, 0.5) is 4.39 Å². The van der Waals surface area contributed by atoms with Crippen LogP contribution in [0.2, 0.25) is 10.2 Å². The maximum Gasteiger partial charge on any atom is 0.263 e. The van der Waals surface area contributed by atoms with E-state index in [0.717, 1.165) is 37.1 Å². The third kappa shape index (κ3) is 5.29. The number of hydrogen-bond donors (Lipinski definition) is 0. The summed E-state index contributed by atoms with van der Waals surface area (Å²) in [5.74, 6) is -0.679. The topological polar surface area (TPSA) is 72.4 Å². The zero-order chi connectivity index (χ0) is 33.6. The summed E-state index contributed by atoms with van der Waals surface area (Å²) in [7, 11) is 2.16. The van der Waals surface area contributed by atoms with Crippen molar-refractivity contribution in [1.29, 1.82) is 0 Å². The van der Waals surface area contributed by atoms with Crippen molar-refractivity contribution in [3.63, 3.8) is 0 Å². The first-order valence-corrected chi connectivity index (χ1v) is 18.1. The van der Waals surface area contributed by atoms with Gasteiger partial charge in [-0.15, -0.1) is 0 Å². The molecule has 0 unspecified atom stereocenters. The Labute approximate surface area is 290 Å². The highest BCUT2D eigenvalue weighted by molar-refractivity contribution is 8.18. The number of likely N-dealkylation sites (N-methyl/N-ethyl adjacent to an activating group) is 1. The Hall–Kier alpha value is -2.66. The van der Waals surface area contributed by atoms with Crippen LogP contribution < -0.4 is 0 Å². The molecule has 7 rings (SSSR count). The van der Waals surface area contributed by atoms with Crippen molar-refractivity contribution in [1.82, 2.24) is 24.6 Å². The van der Waals surface area contributed by atoms with Gasteiger partial charge in [-0.3, -0.25) is 14.5 Å². The molecule has 1 aliphatic carbocycles. The number of carbonyl (C=O) groups excluding carboxylic acids is 2. The van der Waals surface area contributed by atoms with Gasteiger partial charge in [-0.1, -0.05) is 49.2 Å². The maximum atomic E-state index is 15.0. The standard InChI is InChI=1S/C35H41Cl2FN6O2S/c1-19(2)28-29(32(46)43-20(3)7-11-26(43)31(45)42-18-35(13-14-35)41(6)17-21(42)4)47-33-40-34(5,23-9-12-27(37)39-16-23)30(44(28)33)22-8-10-24(36)25(38)15-22/h8-10,12,15-16,19-21,26,30H,7,11,13-14,17-18H2,1-6H3/t20-,21+,26+,30-,34+/m1/s1. The van der Waals surface area contributed by atoms with E-state index in [4.69, 9.17) is 28.2 Å². The van der Waals surface area contributed by atoms with Crippen molar-refractivity contribution < 1.29 is 14.0 Å². The van der Waals surface area contributed by atoms with Gasteiger partial charge in [-0.05, 0) is 94.9 Å². The van der Waals surface area contributed by atoms with E-state index in [0.29, 0.717) is 33.8 Å². The normalized spacial score (nSPS) is 30.1. The molecule has 250 valence electrons. The van der Waals surface area contributed by atoms with E-state index in [1.165, 1.54) is 17.8 Å². The smallest absolute Gasteiger partial charge is 0.263 e. The fraction of sp³-hybridized carbons (Fsp3) is 0.543. The zero-order valence-electron chi connectivity index (χ0n) is 27.6. The summed E-state index contributed by atoms with van der Waals surface area (Å²) in [5, 5.41) is 1.06. The van der Waals surface area contributed by atoms with Crippen molar-refractivity contribution >= 4 is 51.9 Å². The fourth-order valence-electron chi connectivity index (χ4n) is 8.13. The maximum absolute atomic E-state index is 15.0. The largest absolute Gasteiger partial charge is 0.335 e. The minimum atomic E-state index is -0.870. The first kappa shape index (κ1) is 32.9. The first-order valence-electron chi connectivity index (χ1n) is 16.5. The highest BCUT2D eigenvalue weighted by Gasteiger charge is 2.56. The molecule has 0 bridgehead atoms. The van der Waals surface area contributed by atoms with E-state index in [-0.39, 0.29) is 40.4 Å². The third-order valence-electron chi connectivity index (χ3n) is 11.0. The van der Waals surface area contributed by atoms with Crippen LogP contribution in [0.5, 0.6) is 0 Å². The lowest BCUT2D eigenvalue weighted by atomic mass is 9.81. The van der Waals surface area contributed by atoms with Crippen LogP contribution in [0.3, 0.4) is 0 Å². The Kier molecular flexibility index (Phi) is 8.21. The van der Waals surface area contributed by atoms with E-state index in [1.807, 2.05) is 35.8 Å². The molecule has 1 saturated carbocycles. The number of pyridine rings is 1. The van der Waals surface area contributed by atoms with Gasteiger partial charge in [0, 0.05) is 48.2 Å². The van der Waals surface area contributed by atoms with Gasteiger partial charge in [0.05, 0.1) is 11.1 Å². The zero-order valence-corrected chi connectivity index (χ0v) is 30.0. The van der Waals surface area contributed by atoms with Crippen molar-refractivity contribution in [2.75, 3.05) is 20.1 Å². The summed E-state index contributed by atoms with van der Waals surface area (Å²) < 4.78 is 15.0. The molecule has 0 N–H and O–H groups in total. The number of halogens is 3. The van der Waals surface area contributed by atoms with Crippen LogP contribution in [-0.4, -0.2) is 85.4 Å². The lowest BCUT2D eigenvalue weighted by molar-refractivity contribution is -0.147. The van der Waals surface area contributed by atoms with Crippen LogP contribution in [0, 0.1) is 11.7 Å². The SMILES string of the molecule is CC(C)C1=C(C(=O)N2[C@H](C)CC[C@H]2C(=O)N2CC3(CC3)N(C)C[C@@H]2C)SC2=N[C@@](C)(c3ccc(Cl)nc3)[C@@H](c3ccc(Cl)c(F)c3)N21. The molecule has 2 saturated heterocycles. The Morgan fingerprint density at radius 2 is 1.83 bits per heavy atom. The number of hydrogen-bond acceptors (Lipinski definition) is 7. The third-order valence-corrected chi connectivity index (χ3v) is 12.6. The van der Waals surface area contributed by atoms with Crippen LogP contribution in [0.25, 0.3) is 0 Å². The number of benzene rings is 1. The second kappa shape index (κ2) is 11.7. The molecule has 5 atom stereocenters. The average molecular weight is 700 g/mol. The molecule has 2 aromatic rings. The van der Waals surface area contributed by atoms with Crippen molar-refractivity contribution in [2.45, 2.75) is 95.5 Å². The highest BCUT2D eigenvalue weighted by atomic mass is 35.5. The molecule has 4 aliphatic heterocycles.